The molecule has 1 N–H and O–H groups in total. The molecule has 0 radical (unpaired) electrons. The van der Waals surface area contributed by atoms with Crippen LogP contribution in [0.2, 0.25) is 0 Å². The standard InChI is InChI=1S/C16H21NOS/c1-13(19-15-10-6-3-7-11-15)16(18)17-12-14-8-4-2-5-9-14/h3,6-8,10-11,13H,2,4-5,9,12H2,1H3,(H,17,18). The maximum atomic E-state index is 12.0. The summed E-state index contributed by atoms with van der Waals surface area (Å²) in [6.45, 7) is 2.68. The van der Waals surface area contributed by atoms with Crippen LogP contribution >= 0.6 is 11.8 Å². The summed E-state index contributed by atoms with van der Waals surface area (Å²) >= 11 is 1.61. The number of thioether (sulfide) groups is 1. The monoisotopic (exact) mass is 275 g/mol. The van der Waals surface area contributed by atoms with Gasteiger partial charge in [-0.3, -0.25) is 4.79 Å². The summed E-state index contributed by atoms with van der Waals surface area (Å²) in [6, 6.07) is 10.1. The third-order valence-electron chi connectivity index (χ3n) is 3.30. The maximum Gasteiger partial charge on any atom is 0.233 e. The first-order valence-electron chi connectivity index (χ1n) is 6.93. The summed E-state index contributed by atoms with van der Waals surface area (Å²) < 4.78 is 0. The third-order valence-corrected chi connectivity index (χ3v) is 4.41. The van der Waals surface area contributed by atoms with E-state index < -0.39 is 0 Å². The fourth-order valence-corrected chi connectivity index (χ4v) is 3.08. The maximum absolute atomic E-state index is 12.0. The van der Waals surface area contributed by atoms with Crippen LogP contribution in [0, 0.1) is 0 Å². The molecule has 0 saturated carbocycles. The van der Waals surface area contributed by atoms with Crippen molar-refractivity contribution < 1.29 is 4.79 Å². The molecule has 1 aliphatic carbocycles. The summed E-state index contributed by atoms with van der Waals surface area (Å²) in [5.41, 5.74) is 1.39. The van der Waals surface area contributed by atoms with Gasteiger partial charge in [-0.15, -0.1) is 11.8 Å². The Morgan fingerprint density at radius 1 is 1.32 bits per heavy atom. The molecule has 0 spiro atoms. The second kappa shape index (κ2) is 7.39. The van der Waals surface area contributed by atoms with Gasteiger partial charge in [0.25, 0.3) is 0 Å². The molecule has 0 aliphatic heterocycles. The lowest BCUT2D eigenvalue weighted by Crippen LogP contribution is -2.32. The zero-order chi connectivity index (χ0) is 13.5. The van der Waals surface area contributed by atoms with E-state index in [4.69, 9.17) is 0 Å². The van der Waals surface area contributed by atoms with E-state index in [1.165, 1.54) is 24.8 Å². The molecule has 0 saturated heterocycles. The third kappa shape index (κ3) is 4.75. The number of amides is 1. The molecular formula is C16H21NOS. The normalized spacial score (nSPS) is 16.6. The van der Waals surface area contributed by atoms with Crippen molar-refractivity contribution in [1.29, 1.82) is 0 Å². The summed E-state index contributed by atoms with van der Waals surface area (Å²) in [6.07, 6.45) is 7.13. The highest BCUT2D eigenvalue weighted by molar-refractivity contribution is 8.00. The Morgan fingerprint density at radius 3 is 2.79 bits per heavy atom. The summed E-state index contributed by atoms with van der Waals surface area (Å²) in [5, 5.41) is 2.99. The first kappa shape index (κ1) is 14.2. The molecule has 102 valence electrons. The highest BCUT2D eigenvalue weighted by Gasteiger charge is 2.14. The van der Waals surface area contributed by atoms with Crippen LogP contribution < -0.4 is 5.32 Å². The van der Waals surface area contributed by atoms with Crippen LogP contribution in [-0.2, 0) is 4.79 Å². The molecule has 2 nitrogen and oxygen atoms in total. The van der Waals surface area contributed by atoms with Crippen LogP contribution in [-0.4, -0.2) is 17.7 Å². The average molecular weight is 275 g/mol. The molecule has 0 bridgehead atoms. The van der Waals surface area contributed by atoms with Crippen molar-refractivity contribution >= 4 is 17.7 Å². The van der Waals surface area contributed by atoms with E-state index in [1.54, 1.807) is 11.8 Å². The van der Waals surface area contributed by atoms with E-state index >= 15 is 0 Å². The quantitative estimate of drug-likeness (QED) is 0.654. The highest BCUT2D eigenvalue weighted by atomic mass is 32.2. The van der Waals surface area contributed by atoms with Gasteiger partial charge in [0.15, 0.2) is 0 Å². The van der Waals surface area contributed by atoms with E-state index in [9.17, 15) is 4.79 Å². The van der Waals surface area contributed by atoms with Crippen LogP contribution in [0.5, 0.6) is 0 Å². The zero-order valence-corrected chi connectivity index (χ0v) is 12.2. The minimum Gasteiger partial charge on any atom is -0.351 e. The lowest BCUT2D eigenvalue weighted by molar-refractivity contribution is -0.120. The number of hydrogen-bond donors (Lipinski definition) is 1. The average Bonchev–Trinajstić information content (AvgIpc) is 2.47. The fourth-order valence-electron chi connectivity index (χ4n) is 2.17. The van der Waals surface area contributed by atoms with Gasteiger partial charge in [0.05, 0.1) is 5.25 Å². The van der Waals surface area contributed by atoms with Gasteiger partial charge >= 0.3 is 0 Å². The molecule has 1 atom stereocenters. The van der Waals surface area contributed by atoms with Gasteiger partial charge in [0.2, 0.25) is 5.91 Å². The highest BCUT2D eigenvalue weighted by Crippen LogP contribution is 2.23. The predicted molar refractivity (Wildman–Crippen MR) is 81.3 cm³/mol. The fraction of sp³-hybridized carbons (Fsp3) is 0.438. The van der Waals surface area contributed by atoms with E-state index in [-0.39, 0.29) is 11.2 Å². The van der Waals surface area contributed by atoms with Gasteiger partial charge in [0, 0.05) is 11.4 Å². The SMILES string of the molecule is CC(Sc1ccccc1)C(=O)NCC1=CCCCC1. The van der Waals surface area contributed by atoms with Crippen LogP contribution in [0.4, 0.5) is 0 Å². The number of nitrogens with one attached hydrogen (secondary N) is 1. The van der Waals surface area contributed by atoms with Crippen LogP contribution in [0.1, 0.15) is 32.6 Å². The Balaban J connectivity index is 1.77. The Kier molecular flexibility index (Phi) is 5.52. The molecule has 19 heavy (non-hydrogen) atoms. The molecule has 1 aromatic carbocycles. The number of rotatable bonds is 5. The largest absolute Gasteiger partial charge is 0.351 e. The van der Waals surface area contributed by atoms with E-state index in [0.717, 1.165) is 17.9 Å². The molecule has 0 fully saturated rings. The van der Waals surface area contributed by atoms with Crippen LogP contribution in [0.3, 0.4) is 0 Å². The van der Waals surface area contributed by atoms with Crippen molar-refractivity contribution in [2.45, 2.75) is 42.8 Å². The Hall–Kier alpha value is -1.22. The number of allylic oxidation sites excluding steroid dienone is 1. The number of benzene rings is 1. The molecule has 0 aromatic heterocycles. The summed E-state index contributed by atoms with van der Waals surface area (Å²) in [7, 11) is 0. The molecule has 1 amide bonds. The van der Waals surface area contributed by atoms with Gasteiger partial charge in [0.1, 0.15) is 0 Å². The lowest BCUT2D eigenvalue weighted by Gasteiger charge is -2.15. The van der Waals surface area contributed by atoms with Gasteiger partial charge in [-0.1, -0.05) is 29.8 Å². The van der Waals surface area contributed by atoms with Crippen molar-refractivity contribution in [2.75, 3.05) is 6.54 Å². The predicted octanol–water partition coefficient (Wildman–Crippen LogP) is 3.78. The number of carbonyl (C=O) groups excluding carboxylic acids is 1. The minimum atomic E-state index is -0.0495. The Bertz CT molecular complexity index is 441. The van der Waals surface area contributed by atoms with E-state index in [1.807, 2.05) is 37.3 Å². The van der Waals surface area contributed by atoms with Crippen molar-refractivity contribution in [2.24, 2.45) is 0 Å². The molecule has 3 heteroatoms. The van der Waals surface area contributed by atoms with Crippen LogP contribution in [0.15, 0.2) is 46.9 Å². The van der Waals surface area contributed by atoms with Crippen LogP contribution in [0.25, 0.3) is 0 Å². The number of carbonyl (C=O) groups is 1. The topological polar surface area (TPSA) is 29.1 Å². The molecule has 1 unspecified atom stereocenters. The molecule has 1 aromatic rings. The van der Waals surface area contributed by atoms with Crippen molar-refractivity contribution in [3.63, 3.8) is 0 Å². The second-order valence-corrected chi connectivity index (χ2v) is 6.31. The molecule has 1 aliphatic rings. The van der Waals surface area contributed by atoms with Crippen molar-refractivity contribution in [3.8, 4) is 0 Å². The van der Waals surface area contributed by atoms with Crippen molar-refractivity contribution in [3.05, 3.63) is 42.0 Å². The Morgan fingerprint density at radius 2 is 2.11 bits per heavy atom. The van der Waals surface area contributed by atoms with Gasteiger partial charge < -0.3 is 5.32 Å². The van der Waals surface area contributed by atoms with Gasteiger partial charge in [-0.25, -0.2) is 0 Å². The molecule has 0 heterocycles. The summed E-state index contributed by atoms with van der Waals surface area (Å²) in [5.74, 6) is 0.125. The number of hydrogen-bond acceptors (Lipinski definition) is 2. The first-order chi connectivity index (χ1) is 9.25. The van der Waals surface area contributed by atoms with E-state index in [2.05, 4.69) is 11.4 Å². The van der Waals surface area contributed by atoms with Gasteiger partial charge in [-0.05, 0) is 44.7 Å². The van der Waals surface area contributed by atoms with E-state index in [0.29, 0.717) is 0 Å². The Labute approximate surface area is 119 Å². The molecular weight excluding hydrogens is 254 g/mol. The van der Waals surface area contributed by atoms with Gasteiger partial charge in [-0.2, -0.15) is 0 Å². The zero-order valence-electron chi connectivity index (χ0n) is 11.4. The second-order valence-electron chi connectivity index (χ2n) is 4.90. The molecule has 2 rings (SSSR count). The van der Waals surface area contributed by atoms with Crippen molar-refractivity contribution in [1.82, 2.24) is 5.32 Å². The first-order valence-corrected chi connectivity index (χ1v) is 7.81. The smallest absolute Gasteiger partial charge is 0.233 e. The summed E-state index contributed by atoms with van der Waals surface area (Å²) in [4.78, 5) is 13.2. The minimum absolute atomic E-state index is 0.0495. The lowest BCUT2D eigenvalue weighted by atomic mass is 10.00.